The Morgan fingerprint density at radius 3 is 2.81 bits per heavy atom. The molecule has 0 unspecified atom stereocenters. The quantitative estimate of drug-likeness (QED) is 0.838. The van der Waals surface area contributed by atoms with Gasteiger partial charge >= 0.3 is 0 Å². The third kappa shape index (κ3) is 3.54. The van der Waals surface area contributed by atoms with E-state index in [-0.39, 0.29) is 24.3 Å². The van der Waals surface area contributed by atoms with Gasteiger partial charge < -0.3 is 14.5 Å². The smallest absolute Gasteiger partial charge is 0.242 e. The van der Waals surface area contributed by atoms with Crippen LogP contribution in [0.1, 0.15) is 29.0 Å². The Morgan fingerprint density at radius 2 is 2.00 bits per heavy atom. The van der Waals surface area contributed by atoms with E-state index in [0.717, 1.165) is 29.7 Å². The van der Waals surface area contributed by atoms with Crippen LogP contribution in [0.5, 0.6) is 5.75 Å². The lowest BCUT2D eigenvalue weighted by atomic mass is 9.99. The Kier molecular flexibility index (Phi) is 4.84. The first-order valence-electron chi connectivity index (χ1n) is 9.43. The zero-order valence-electron chi connectivity index (χ0n) is 15.6. The van der Waals surface area contributed by atoms with Crippen molar-refractivity contribution >= 4 is 11.8 Å². The molecule has 0 saturated carbocycles. The lowest BCUT2D eigenvalue weighted by Crippen LogP contribution is -2.52. The topological polar surface area (TPSA) is 49.9 Å². The summed E-state index contributed by atoms with van der Waals surface area (Å²) in [6.07, 6.45) is 1.78. The van der Waals surface area contributed by atoms with E-state index in [0.29, 0.717) is 19.6 Å². The number of rotatable bonds is 4. The van der Waals surface area contributed by atoms with E-state index in [1.54, 1.807) is 12.0 Å². The van der Waals surface area contributed by atoms with E-state index in [1.807, 2.05) is 47.4 Å². The summed E-state index contributed by atoms with van der Waals surface area (Å²) in [4.78, 5) is 29.2. The Balaban J connectivity index is 1.40. The molecule has 0 aromatic heterocycles. The van der Waals surface area contributed by atoms with E-state index in [9.17, 15) is 9.59 Å². The van der Waals surface area contributed by atoms with Crippen LogP contribution in [0, 0.1) is 0 Å². The number of piperazine rings is 1. The molecule has 0 radical (unpaired) electrons. The molecule has 2 aromatic carbocycles. The second-order valence-electron chi connectivity index (χ2n) is 7.22. The molecular formula is C22H24N2O3. The van der Waals surface area contributed by atoms with Crippen LogP contribution < -0.4 is 4.74 Å². The van der Waals surface area contributed by atoms with Gasteiger partial charge in [-0.3, -0.25) is 9.59 Å². The second kappa shape index (κ2) is 7.43. The Morgan fingerprint density at radius 1 is 1.15 bits per heavy atom. The van der Waals surface area contributed by atoms with E-state index in [2.05, 4.69) is 6.07 Å². The van der Waals surface area contributed by atoms with Gasteiger partial charge in [0, 0.05) is 19.6 Å². The molecule has 2 amide bonds. The first-order chi connectivity index (χ1) is 13.2. The van der Waals surface area contributed by atoms with Gasteiger partial charge in [-0.05, 0) is 41.7 Å². The van der Waals surface area contributed by atoms with Crippen LogP contribution in [0.4, 0.5) is 0 Å². The van der Waals surface area contributed by atoms with Gasteiger partial charge in [-0.1, -0.05) is 36.4 Å². The molecule has 140 valence electrons. The number of methoxy groups -OCH3 is 1. The monoisotopic (exact) mass is 364 g/mol. The fourth-order valence-electron chi connectivity index (χ4n) is 4.09. The lowest BCUT2D eigenvalue weighted by molar-refractivity contribution is -0.146. The Labute approximate surface area is 159 Å². The number of amides is 2. The van der Waals surface area contributed by atoms with Crippen molar-refractivity contribution in [2.75, 3.05) is 26.7 Å². The van der Waals surface area contributed by atoms with Crippen LogP contribution in [0.3, 0.4) is 0 Å². The zero-order valence-corrected chi connectivity index (χ0v) is 15.6. The molecule has 1 aliphatic carbocycles. The molecule has 0 spiro atoms. The standard InChI is InChI=1S/C22H24N2O3/c1-27-18-7-4-5-16(13-18)14-23-11-12-24(15-21(23)25)22(26)20-10-9-17-6-2-3-8-19(17)20/h2-8,13,20H,9-12,14-15H2,1H3/t20-/m1/s1. The molecule has 1 saturated heterocycles. The molecule has 4 rings (SSSR count). The maximum absolute atomic E-state index is 13.0. The van der Waals surface area contributed by atoms with Crippen molar-refractivity contribution < 1.29 is 14.3 Å². The average molecular weight is 364 g/mol. The highest BCUT2D eigenvalue weighted by atomic mass is 16.5. The zero-order chi connectivity index (χ0) is 18.8. The van der Waals surface area contributed by atoms with Crippen LogP contribution >= 0.6 is 0 Å². The number of nitrogens with zero attached hydrogens (tertiary/aromatic N) is 2. The van der Waals surface area contributed by atoms with Crippen LogP contribution in [0.2, 0.25) is 0 Å². The minimum atomic E-state index is -0.0982. The van der Waals surface area contributed by atoms with E-state index < -0.39 is 0 Å². The van der Waals surface area contributed by atoms with Crippen molar-refractivity contribution in [2.45, 2.75) is 25.3 Å². The van der Waals surface area contributed by atoms with Crippen molar-refractivity contribution in [3.8, 4) is 5.75 Å². The Hall–Kier alpha value is -2.82. The second-order valence-corrected chi connectivity index (χ2v) is 7.22. The minimum Gasteiger partial charge on any atom is -0.497 e. The minimum absolute atomic E-state index is 0.00343. The highest BCUT2D eigenvalue weighted by Gasteiger charge is 2.35. The molecule has 2 aliphatic rings. The summed E-state index contributed by atoms with van der Waals surface area (Å²) >= 11 is 0. The van der Waals surface area contributed by atoms with Gasteiger partial charge in [0.2, 0.25) is 11.8 Å². The summed E-state index contributed by atoms with van der Waals surface area (Å²) < 4.78 is 5.25. The maximum atomic E-state index is 13.0. The number of hydrogen-bond donors (Lipinski definition) is 0. The summed E-state index contributed by atoms with van der Waals surface area (Å²) in [6.45, 7) is 1.87. The molecule has 1 heterocycles. The fourth-order valence-corrected chi connectivity index (χ4v) is 4.09. The van der Waals surface area contributed by atoms with Gasteiger partial charge in [0.05, 0.1) is 19.6 Å². The van der Waals surface area contributed by atoms with E-state index in [4.69, 9.17) is 4.74 Å². The molecule has 1 aliphatic heterocycles. The number of aryl methyl sites for hydroxylation is 1. The molecule has 1 atom stereocenters. The van der Waals surface area contributed by atoms with E-state index >= 15 is 0 Å². The van der Waals surface area contributed by atoms with Crippen molar-refractivity contribution in [1.29, 1.82) is 0 Å². The molecule has 2 aromatic rings. The molecule has 0 bridgehead atoms. The summed E-state index contributed by atoms with van der Waals surface area (Å²) in [7, 11) is 1.63. The van der Waals surface area contributed by atoms with Gasteiger partial charge in [-0.25, -0.2) is 0 Å². The molecule has 5 nitrogen and oxygen atoms in total. The summed E-state index contributed by atoms with van der Waals surface area (Å²) in [5.74, 6) is 0.783. The van der Waals surface area contributed by atoms with Crippen LogP contribution in [-0.2, 0) is 22.6 Å². The number of ether oxygens (including phenoxy) is 1. The third-order valence-corrected chi connectivity index (χ3v) is 5.57. The van der Waals surface area contributed by atoms with E-state index in [1.165, 1.54) is 5.56 Å². The van der Waals surface area contributed by atoms with Gasteiger partial charge in [0.1, 0.15) is 5.75 Å². The van der Waals surface area contributed by atoms with Crippen LogP contribution in [0.15, 0.2) is 48.5 Å². The van der Waals surface area contributed by atoms with Crippen molar-refractivity contribution in [3.05, 3.63) is 65.2 Å². The Bertz CT molecular complexity index is 864. The number of fused-ring (bicyclic) bond motifs is 1. The summed E-state index contributed by atoms with van der Waals surface area (Å²) in [5.41, 5.74) is 3.43. The first kappa shape index (κ1) is 17.6. The third-order valence-electron chi connectivity index (χ3n) is 5.57. The predicted octanol–water partition coefficient (Wildman–Crippen LogP) is 2.60. The molecule has 1 fully saturated rings. The first-order valence-corrected chi connectivity index (χ1v) is 9.43. The highest BCUT2D eigenvalue weighted by molar-refractivity contribution is 5.90. The molecular weight excluding hydrogens is 340 g/mol. The van der Waals surface area contributed by atoms with Gasteiger partial charge in [0.15, 0.2) is 0 Å². The number of carbonyl (C=O) groups excluding carboxylic acids is 2. The van der Waals surface area contributed by atoms with Crippen LogP contribution in [-0.4, -0.2) is 48.4 Å². The maximum Gasteiger partial charge on any atom is 0.242 e. The van der Waals surface area contributed by atoms with Crippen molar-refractivity contribution in [3.63, 3.8) is 0 Å². The predicted molar refractivity (Wildman–Crippen MR) is 102 cm³/mol. The summed E-state index contributed by atoms with van der Waals surface area (Å²) in [5, 5.41) is 0. The van der Waals surface area contributed by atoms with Gasteiger partial charge in [-0.2, -0.15) is 0 Å². The SMILES string of the molecule is COc1cccc(CN2CCN(C(=O)[C@@H]3CCc4ccccc43)CC2=O)c1. The summed E-state index contributed by atoms with van der Waals surface area (Å²) in [6, 6.07) is 15.9. The molecule has 27 heavy (non-hydrogen) atoms. The lowest BCUT2D eigenvalue weighted by Gasteiger charge is -2.35. The number of carbonyl (C=O) groups is 2. The number of hydrogen-bond acceptors (Lipinski definition) is 3. The van der Waals surface area contributed by atoms with Crippen molar-refractivity contribution in [1.82, 2.24) is 9.80 Å². The number of benzene rings is 2. The van der Waals surface area contributed by atoms with Gasteiger partial charge in [-0.15, -0.1) is 0 Å². The van der Waals surface area contributed by atoms with Crippen LogP contribution in [0.25, 0.3) is 0 Å². The van der Waals surface area contributed by atoms with Gasteiger partial charge in [0.25, 0.3) is 0 Å². The van der Waals surface area contributed by atoms with Crippen molar-refractivity contribution in [2.24, 2.45) is 0 Å². The fraction of sp³-hybridized carbons (Fsp3) is 0.364. The largest absolute Gasteiger partial charge is 0.497 e. The highest BCUT2D eigenvalue weighted by Crippen LogP contribution is 2.34. The molecule has 0 N–H and O–H groups in total. The normalized spacial score (nSPS) is 19.1. The average Bonchev–Trinajstić information content (AvgIpc) is 3.13. The molecule has 5 heteroatoms.